The molecule has 4 heteroatoms. The van der Waals surface area contributed by atoms with Crippen molar-refractivity contribution in [1.29, 1.82) is 0 Å². The fourth-order valence-electron chi connectivity index (χ4n) is 4.22. The van der Waals surface area contributed by atoms with Gasteiger partial charge in [0.05, 0.1) is 11.1 Å². The monoisotopic (exact) mass is 334 g/mol. The van der Waals surface area contributed by atoms with Crippen molar-refractivity contribution in [3.8, 4) is 0 Å². The summed E-state index contributed by atoms with van der Waals surface area (Å²) in [5, 5.41) is 0. The van der Waals surface area contributed by atoms with Crippen LogP contribution in [0, 0.1) is 0 Å². The van der Waals surface area contributed by atoms with Crippen molar-refractivity contribution in [2.45, 2.75) is 38.6 Å². The molecule has 0 N–H and O–H groups in total. The smallest absolute Gasteiger partial charge is 0.263 e. The number of para-hydroxylation sites is 1. The Bertz CT molecular complexity index is 837. The van der Waals surface area contributed by atoms with E-state index in [4.69, 9.17) is 0 Å². The normalized spacial score (nSPS) is 21.3. The van der Waals surface area contributed by atoms with Crippen LogP contribution in [0.15, 0.2) is 48.5 Å². The van der Waals surface area contributed by atoms with E-state index in [0.29, 0.717) is 17.0 Å². The molecular formula is C21H22N2O2. The minimum Gasteiger partial charge on any atom is -0.348 e. The highest BCUT2D eigenvalue weighted by Crippen LogP contribution is 2.43. The Kier molecular flexibility index (Phi) is 3.46. The zero-order chi connectivity index (χ0) is 17.8. The first-order chi connectivity index (χ1) is 11.9. The highest BCUT2D eigenvalue weighted by molar-refractivity contribution is 6.21. The molecule has 4 nitrogen and oxygen atoms in total. The second-order valence-electron chi connectivity index (χ2n) is 7.63. The summed E-state index contributed by atoms with van der Waals surface area (Å²) in [4.78, 5) is 29.1. The van der Waals surface area contributed by atoms with Gasteiger partial charge in [-0.05, 0) is 49.9 Å². The van der Waals surface area contributed by atoms with Crippen LogP contribution in [0.4, 0.5) is 5.69 Å². The van der Waals surface area contributed by atoms with Gasteiger partial charge in [-0.15, -0.1) is 0 Å². The molecule has 0 spiro atoms. The van der Waals surface area contributed by atoms with Gasteiger partial charge < -0.3 is 4.90 Å². The molecule has 2 aromatic rings. The van der Waals surface area contributed by atoms with Crippen LogP contribution in [0.5, 0.6) is 0 Å². The molecule has 128 valence electrons. The predicted molar refractivity (Wildman–Crippen MR) is 97.8 cm³/mol. The predicted octanol–water partition coefficient (Wildman–Crippen LogP) is 4.03. The van der Waals surface area contributed by atoms with Gasteiger partial charge in [-0.1, -0.05) is 37.3 Å². The summed E-state index contributed by atoms with van der Waals surface area (Å²) in [6.07, 6.45) is 0.979. The second-order valence-corrected chi connectivity index (χ2v) is 7.63. The maximum Gasteiger partial charge on any atom is 0.263 e. The van der Waals surface area contributed by atoms with E-state index in [1.165, 1.54) is 10.5 Å². The third-order valence-corrected chi connectivity index (χ3v) is 5.46. The number of hydrogen-bond donors (Lipinski definition) is 0. The average molecular weight is 334 g/mol. The van der Waals surface area contributed by atoms with Crippen molar-refractivity contribution in [3.63, 3.8) is 0 Å². The van der Waals surface area contributed by atoms with E-state index in [1.807, 2.05) is 12.1 Å². The molecule has 0 saturated heterocycles. The van der Waals surface area contributed by atoms with E-state index in [1.54, 1.807) is 24.3 Å². The summed E-state index contributed by atoms with van der Waals surface area (Å²) < 4.78 is 0. The molecule has 2 aromatic carbocycles. The Morgan fingerprint density at radius 2 is 1.52 bits per heavy atom. The van der Waals surface area contributed by atoms with Gasteiger partial charge in [-0.2, -0.15) is 0 Å². The Morgan fingerprint density at radius 1 is 0.960 bits per heavy atom. The van der Waals surface area contributed by atoms with Crippen molar-refractivity contribution in [2.75, 3.05) is 11.6 Å². The lowest BCUT2D eigenvalue weighted by atomic mass is 9.80. The number of nitrogens with zero attached hydrogens (tertiary/aromatic N) is 2. The molecule has 0 radical (unpaired) electrons. The van der Waals surface area contributed by atoms with Gasteiger partial charge in [-0.3, -0.25) is 14.5 Å². The highest BCUT2D eigenvalue weighted by Gasteiger charge is 2.41. The lowest BCUT2D eigenvalue weighted by Gasteiger charge is -2.48. The summed E-state index contributed by atoms with van der Waals surface area (Å²) in [6, 6.07) is 15.4. The Hall–Kier alpha value is -2.62. The van der Waals surface area contributed by atoms with Crippen LogP contribution in [-0.2, 0) is 0 Å². The number of anilines is 1. The van der Waals surface area contributed by atoms with E-state index in [-0.39, 0.29) is 24.0 Å². The molecule has 25 heavy (non-hydrogen) atoms. The van der Waals surface area contributed by atoms with Gasteiger partial charge in [0.1, 0.15) is 6.67 Å². The SMILES string of the molecule is C[C@H]1CC(C)(C)N(CN2C(=O)c3ccccc3C2=O)c2ccccc21. The fraction of sp³-hybridized carbons (Fsp3) is 0.333. The van der Waals surface area contributed by atoms with E-state index in [9.17, 15) is 9.59 Å². The number of rotatable bonds is 2. The molecule has 2 amide bonds. The van der Waals surface area contributed by atoms with Crippen LogP contribution < -0.4 is 4.90 Å². The number of hydrogen-bond acceptors (Lipinski definition) is 3. The first kappa shape index (κ1) is 15.9. The van der Waals surface area contributed by atoms with Crippen LogP contribution in [0.3, 0.4) is 0 Å². The molecule has 2 aliphatic rings. The summed E-state index contributed by atoms with van der Waals surface area (Å²) in [6.45, 7) is 6.87. The first-order valence-corrected chi connectivity index (χ1v) is 8.72. The third-order valence-electron chi connectivity index (χ3n) is 5.46. The summed E-state index contributed by atoms with van der Waals surface area (Å²) in [5.41, 5.74) is 3.26. The van der Waals surface area contributed by atoms with Gasteiger partial charge in [0.15, 0.2) is 0 Å². The number of carbonyl (C=O) groups is 2. The third kappa shape index (κ3) is 2.36. The van der Waals surface area contributed by atoms with Gasteiger partial charge in [0.25, 0.3) is 11.8 Å². The molecule has 0 bridgehead atoms. The Morgan fingerprint density at radius 3 is 2.16 bits per heavy atom. The zero-order valence-corrected chi connectivity index (χ0v) is 14.8. The maximum atomic E-state index is 12.7. The summed E-state index contributed by atoms with van der Waals surface area (Å²) >= 11 is 0. The largest absolute Gasteiger partial charge is 0.348 e. The average Bonchev–Trinajstić information content (AvgIpc) is 2.83. The van der Waals surface area contributed by atoms with Gasteiger partial charge >= 0.3 is 0 Å². The van der Waals surface area contributed by atoms with Gasteiger partial charge in [0.2, 0.25) is 0 Å². The zero-order valence-electron chi connectivity index (χ0n) is 14.8. The second kappa shape index (κ2) is 5.45. The van der Waals surface area contributed by atoms with E-state index in [0.717, 1.165) is 12.1 Å². The first-order valence-electron chi connectivity index (χ1n) is 8.72. The maximum absolute atomic E-state index is 12.7. The number of fused-ring (bicyclic) bond motifs is 2. The molecule has 4 rings (SSSR count). The van der Waals surface area contributed by atoms with Crippen LogP contribution in [-0.4, -0.2) is 28.9 Å². The minimum atomic E-state index is -0.201. The lowest BCUT2D eigenvalue weighted by Crippen LogP contribution is -2.54. The van der Waals surface area contributed by atoms with Crippen LogP contribution in [0.1, 0.15) is 59.4 Å². The van der Waals surface area contributed by atoms with E-state index < -0.39 is 0 Å². The fourth-order valence-corrected chi connectivity index (χ4v) is 4.22. The topological polar surface area (TPSA) is 40.6 Å². The molecule has 0 fully saturated rings. The van der Waals surface area contributed by atoms with Crippen LogP contribution in [0.25, 0.3) is 0 Å². The summed E-state index contributed by atoms with van der Waals surface area (Å²) in [7, 11) is 0. The molecule has 2 heterocycles. The molecule has 0 unspecified atom stereocenters. The molecule has 0 aliphatic carbocycles. The quantitative estimate of drug-likeness (QED) is 0.779. The van der Waals surface area contributed by atoms with Crippen molar-refractivity contribution < 1.29 is 9.59 Å². The van der Waals surface area contributed by atoms with E-state index in [2.05, 4.69) is 37.8 Å². The highest BCUT2D eigenvalue weighted by atomic mass is 16.2. The minimum absolute atomic E-state index is 0.136. The lowest BCUT2D eigenvalue weighted by molar-refractivity contribution is 0.0644. The summed E-state index contributed by atoms with van der Waals surface area (Å²) in [5.74, 6) is 0.0460. The number of carbonyl (C=O) groups excluding carboxylic acids is 2. The van der Waals surface area contributed by atoms with Crippen LogP contribution in [0.2, 0.25) is 0 Å². The molecule has 2 aliphatic heterocycles. The van der Waals surface area contributed by atoms with Crippen molar-refractivity contribution in [3.05, 3.63) is 65.2 Å². The number of imide groups is 1. The number of benzene rings is 2. The van der Waals surface area contributed by atoms with E-state index >= 15 is 0 Å². The molecule has 0 saturated carbocycles. The molecular weight excluding hydrogens is 312 g/mol. The molecule has 1 atom stereocenters. The Balaban J connectivity index is 1.72. The van der Waals surface area contributed by atoms with Crippen molar-refractivity contribution in [1.82, 2.24) is 4.90 Å². The standard InChI is InChI=1S/C21H22N2O2/c1-14-12-21(2,3)23(18-11-7-6-8-15(14)18)13-22-19(24)16-9-4-5-10-17(16)20(22)25/h4-11,14H,12-13H2,1-3H3/t14-/m0/s1. The molecule has 0 aromatic heterocycles. The van der Waals surface area contributed by atoms with Gasteiger partial charge in [-0.25, -0.2) is 0 Å². The van der Waals surface area contributed by atoms with Crippen molar-refractivity contribution in [2.24, 2.45) is 0 Å². The number of amides is 2. The van der Waals surface area contributed by atoms with Crippen LogP contribution >= 0.6 is 0 Å². The van der Waals surface area contributed by atoms with Crippen molar-refractivity contribution >= 4 is 17.5 Å². The Labute approximate surface area is 148 Å². The van der Waals surface area contributed by atoms with Gasteiger partial charge in [0, 0.05) is 11.2 Å².